The van der Waals surface area contributed by atoms with E-state index in [1.54, 1.807) is 24.3 Å². The molecule has 3 aromatic rings. The molecule has 0 spiro atoms. The highest BCUT2D eigenvalue weighted by molar-refractivity contribution is 7.93. The average Bonchev–Trinajstić information content (AvgIpc) is 3.08. The Balaban J connectivity index is 1.44. The van der Waals surface area contributed by atoms with Crippen LogP contribution in [0.3, 0.4) is 0 Å². The van der Waals surface area contributed by atoms with Crippen LogP contribution in [0.15, 0.2) is 72.9 Å². The van der Waals surface area contributed by atoms with E-state index in [-0.39, 0.29) is 23.1 Å². The third-order valence-electron chi connectivity index (χ3n) is 5.34. The molecule has 1 atom stereocenters. The maximum absolute atomic E-state index is 12.8. The monoisotopic (exact) mass is 464 g/mol. The summed E-state index contributed by atoms with van der Waals surface area (Å²) in [5.41, 5.74) is 1.47. The Labute approximate surface area is 192 Å². The van der Waals surface area contributed by atoms with Gasteiger partial charge in [0.25, 0.3) is 5.91 Å². The first kappa shape index (κ1) is 22.6. The van der Waals surface area contributed by atoms with Crippen molar-refractivity contribution >= 4 is 27.5 Å². The standard InChI is InChI=1S/C24H24N4O4S/c29-22-17-33(31,32)24(28(22)21-14-5-7-15-25-21)20-13-8-12-19(27-20)23(30)26-16-6-4-11-18-9-2-1-3-10-18/h1-3,5,7-10,12-15,24H,4,6,11,16-17H2,(H,26,30). The Kier molecular flexibility index (Phi) is 6.79. The molecule has 1 N–H and O–H groups in total. The number of anilines is 1. The second-order valence-corrected chi connectivity index (χ2v) is 9.82. The number of carbonyl (C=O) groups is 2. The van der Waals surface area contributed by atoms with Crippen LogP contribution < -0.4 is 10.2 Å². The number of benzene rings is 1. The smallest absolute Gasteiger partial charge is 0.269 e. The minimum Gasteiger partial charge on any atom is -0.351 e. The molecule has 8 nitrogen and oxygen atoms in total. The van der Waals surface area contributed by atoms with E-state index < -0.39 is 26.9 Å². The van der Waals surface area contributed by atoms with Gasteiger partial charge in [0.1, 0.15) is 17.3 Å². The summed E-state index contributed by atoms with van der Waals surface area (Å²) in [6.45, 7) is 0.484. The van der Waals surface area contributed by atoms with Crippen molar-refractivity contribution in [2.45, 2.75) is 24.6 Å². The van der Waals surface area contributed by atoms with E-state index in [0.29, 0.717) is 6.54 Å². The van der Waals surface area contributed by atoms with Gasteiger partial charge in [-0.1, -0.05) is 42.5 Å². The molecule has 33 heavy (non-hydrogen) atoms. The van der Waals surface area contributed by atoms with E-state index in [1.165, 1.54) is 23.9 Å². The highest BCUT2D eigenvalue weighted by Gasteiger charge is 2.47. The van der Waals surface area contributed by atoms with E-state index in [2.05, 4.69) is 27.4 Å². The zero-order valence-electron chi connectivity index (χ0n) is 17.9. The summed E-state index contributed by atoms with van der Waals surface area (Å²) in [5.74, 6) is -1.37. The molecule has 1 aromatic carbocycles. The molecule has 2 aromatic heterocycles. The summed E-state index contributed by atoms with van der Waals surface area (Å²) in [5, 5.41) is 1.51. The van der Waals surface area contributed by atoms with Gasteiger partial charge in [-0.25, -0.2) is 18.4 Å². The third-order valence-corrected chi connectivity index (χ3v) is 7.12. The first-order valence-electron chi connectivity index (χ1n) is 10.7. The van der Waals surface area contributed by atoms with Crippen LogP contribution in [0.5, 0.6) is 0 Å². The van der Waals surface area contributed by atoms with Crippen LogP contribution in [0.4, 0.5) is 5.82 Å². The lowest BCUT2D eigenvalue weighted by Gasteiger charge is -2.22. The maximum atomic E-state index is 12.8. The Morgan fingerprint density at radius 2 is 1.79 bits per heavy atom. The molecule has 4 rings (SSSR count). The van der Waals surface area contributed by atoms with Gasteiger partial charge in [-0.15, -0.1) is 0 Å². The zero-order valence-corrected chi connectivity index (χ0v) is 18.7. The number of nitrogens with one attached hydrogen (secondary N) is 1. The van der Waals surface area contributed by atoms with Crippen LogP contribution in [0.2, 0.25) is 0 Å². The van der Waals surface area contributed by atoms with Crippen molar-refractivity contribution in [1.82, 2.24) is 15.3 Å². The van der Waals surface area contributed by atoms with E-state index >= 15 is 0 Å². The fourth-order valence-electron chi connectivity index (χ4n) is 3.78. The Bertz CT molecular complexity index is 1230. The fraction of sp³-hybridized carbons (Fsp3) is 0.250. The number of sulfone groups is 1. The van der Waals surface area contributed by atoms with Gasteiger partial charge < -0.3 is 5.32 Å². The molecule has 1 aliphatic heterocycles. The second-order valence-electron chi connectivity index (χ2n) is 7.76. The van der Waals surface area contributed by atoms with Crippen molar-refractivity contribution in [3.8, 4) is 0 Å². The Morgan fingerprint density at radius 1 is 1.00 bits per heavy atom. The lowest BCUT2D eigenvalue weighted by molar-refractivity contribution is -0.115. The van der Waals surface area contributed by atoms with Crippen molar-refractivity contribution in [3.63, 3.8) is 0 Å². The van der Waals surface area contributed by atoms with Crippen LogP contribution in [-0.2, 0) is 21.1 Å². The molecule has 1 saturated heterocycles. The SMILES string of the molecule is O=C(NCCCCc1ccccc1)c1cccc(C2N(c3ccccn3)C(=O)CS2(=O)=O)n1. The average molecular weight is 465 g/mol. The van der Waals surface area contributed by atoms with Gasteiger partial charge in [0.2, 0.25) is 5.91 Å². The molecular weight excluding hydrogens is 440 g/mol. The lowest BCUT2D eigenvalue weighted by Crippen LogP contribution is -2.31. The highest BCUT2D eigenvalue weighted by atomic mass is 32.2. The van der Waals surface area contributed by atoms with Crippen LogP contribution in [0.25, 0.3) is 0 Å². The maximum Gasteiger partial charge on any atom is 0.269 e. The van der Waals surface area contributed by atoms with Gasteiger partial charge in [0.15, 0.2) is 15.2 Å². The molecule has 1 fully saturated rings. The quantitative estimate of drug-likeness (QED) is 0.514. The molecule has 3 heterocycles. The molecule has 1 unspecified atom stereocenters. The van der Waals surface area contributed by atoms with Crippen LogP contribution in [0, 0.1) is 0 Å². The van der Waals surface area contributed by atoms with Crippen molar-refractivity contribution in [1.29, 1.82) is 0 Å². The number of unbranched alkanes of at least 4 members (excludes halogenated alkanes) is 1. The summed E-state index contributed by atoms with van der Waals surface area (Å²) in [7, 11) is -3.84. The Hall–Kier alpha value is -3.59. The van der Waals surface area contributed by atoms with E-state index in [0.717, 1.165) is 24.2 Å². The molecule has 0 aliphatic carbocycles. The second kappa shape index (κ2) is 9.91. The van der Waals surface area contributed by atoms with Crippen LogP contribution >= 0.6 is 0 Å². The largest absolute Gasteiger partial charge is 0.351 e. The summed E-state index contributed by atoms with van der Waals surface area (Å²) >= 11 is 0. The number of rotatable bonds is 8. The van der Waals surface area contributed by atoms with E-state index in [1.807, 2.05) is 18.2 Å². The molecule has 0 saturated carbocycles. The van der Waals surface area contributed by atoms with Gasteiger partial charge in [-0.05, 0) is 49.1 Å². The van der Waals surface area contributed by atoms with Crippen molar-refractivity contribution in [2.24, 2.45) is 0 Å². The molecule has 9 heteroatoms. The fourth-order valence-corrected chi connectivity index (χ4v) is 5.47. The molecule has 2 amide bonds. The minimum atomic E-state index is -3.84. The predicted molar refractivity (Wildman–Crippen MR) is 124 cm³/mol. The number of amides is 2. The first-order valence-corrected chi connectivity index (χ1v) is 12.4. The molecule has 0 bridgehead atoms. The molecule has 0 radical (unpaired) electrons. The van der Waals surface area contributed by atoms with Crippen molar-refractivity contribution in [2.75, 3.05) is 17.2 Å². The summed E-state index contributed by atoms with van der Waals surface area (Å²) in [6.07, 6.45) is 4.15. The number of hydrogen-bond donors (Lipinski definition) is 1. The summed E-state index contributed by atoms with van der Waals surface area (Å²) in [6, 6.07) is 19.7. The number of pyridine rings is 2. The topological polar surface area (TPSA) is 109 Å². The summed E-state index contributed by atoms with van der Waals surface area (Å²) in [4.78, 5) is 34.6. The number of hydrogen-bond acceptors (Lipinski definition) is 6. The van der Waals surface area contributed by atoms with Crippen molar-refractivity contribution < 1.29 is 18.0 Å². The number of aryl methyl sites for hydroxylation is 1. The van der Waals surface area contributed by atoms with Gasteiger partial charge in [0, 0.05) is 12.7 Å². The lowest BCUT2D eigenvalue weighted by atomic mass is 10.1. The number of carbonyl (C=O) groups excluding carboxylic acids is 2. The number of nitrogens with zero attached hydrogens (tertiary/aromatic N) is 3. The zero-order chi connectivity index (χ0) is 23.3. The van der Waals surface area contributed by atoms with Gasteiger partial charge >= 0.3 is 0 Å². The van der Waals surface area contributed by atoms with Gasteiger partial charge in [-0.3, -0.25) is 14.5 Å². The Morgan fingerprint density at radius 3 is 2.55 bits per heavy atom. The molecule has 1 aliphatic rings. The normalized spacial score (nSPS) is 17.2. The molecular formula is C24H24N4O4S. The van der Waals surface area contributed by atoms with E-state index in [4.69, 9.17) is 0 Å². The third kappa shape index (κ3) is 5.25. The predicted octanol–water partition coefficient (Wildman–Crippen LogP) is 2.69. The number of aromatic nitrogens is 2. The van der Waals surface area contributed by atoms with Gasteiger partial charge in [0.05, 0.1) is 5.69 Å². The van der Waals surface area contributed by atoms with Gasteiger partial charge in [-0.2, -0.15) is 0 Å². The van der Waals surface area contributed by atoms with E-state index in [9.17, 15) is 18.0 Å². The first-order chi connectivity index (χ1) is 16.0. The highest BCUT2D eigenvalue weighted by Crippen LogP contribution is 2.35. The summed E-state index contributed by atoms with van der Waals surface area (Å²) < 4.78 is 25.5. The van der Waals surface area contributed by atoms with Crippen LogP contribution in [0.1, 0.15) is 40.0 Å². The van der Waals surface area contributed by atoms with Crippen molar-refractivity contribution in [3.05, 3.63) is 89.9 Å². The van der Waals surface area contributed by atoms with Crippen LogP contribution in [-0.4, -0.2) is 42.5 Å². The molecule has 170 valence electrons. The minimum absolute atomic E-state index is 0.103.